The number of rotatable bonds is 2. The Morgan fingerprint density at radius 2 is 2.04 bits per heavy atom. The van der Waals surface area contributed by atoms with Gasteiger partial charge in [0.15, 0.2) is 0 Å². The summed E-state index contributed by atoms with van der Waals surface area (Å²) in [7, 11) is 0. The Morgan fingerprint density at radius 1 is 1.33 bits per heavy atom. The highest BCUT2D eigenvalue weighted by molar-refractivity contribution is 5.69. The summed E-state index contributed by atoms with van der Waals surface area (Å²) in [6.45, 7) is 5.35. The first-order valence-electron chi connectivity index (χ1n) is 7.78. The van der Waals surface area contributed by atoms with Gasteiger partial charge < -0.3 is 10.1 Å². The van der Waals surface area contributed by atoms with E-state index in [1.165, 1.54) is 6.07 Å². The van der Waals surface area contributed by atoms with E-state index in [1.54, 1.807) is 26.8 Å². The Bertz CT molecular complexity index is 616. The van der Waals surface area contributed by atoms with Gasteiger partial charge in [-0.15, -0.1) is 0 Å². The predicted octanol–water partition coefficient (Wildman–Crippen LogP) is 4.56. The third kappa shape index (κ3) is 5.25. The van der Waals surface area contributed by atoms with Gasteiger partial charge in [0.2, 0.25) is 0 Å². The van der Waals surface area contributed by atoms with Crippen LogP contribution in [0.15, 0.2) is 23.9 Å². The van der Waals surface area contributed by atoms with Crippen molar-refractivity contribution < 1.29 is 22.7 Å². The van der Waals surface area contributed by atoms with Gasteiger partial charge >= 0.3 is 12.3 Å². The molecule has 132 valence electrons. The van der Waals surface area contributed by atoms with Gasteiger partial charge in [0, 0.05) is 6.20 Å². The number of alkyl carbamates (subject to hydrolysis) is 1. The second-order valence-electron chi connectivity index (χ2n) is 6.78. The van der Waals surface area contributed by atoms with Crippen LogP contribution in [-0.4, -0.2) is 22.7 Å². The van der Waals surface area contributed by atoms with Crippen molar-refractivity contribution in [1.82, 2.24) is 10.3 Å². The molecule has 4 nitrogen and oxygen atoms in total. The van der Waals surface area contributed by atoms with Crippen molar-refractivity contribution in [3.05, 3.63) is 35.2 Å². The van der Waals surface area contributed by atoms with Gasteiger partial charge in [-0.25, -0.2) is 4.79 Å². The van der Waals surface area contributed by atoms with Crippen LogP contribution in [-0.2, 0) is 10.9 Å². The van der Waals surface area contributed by atoms with E-state index in [9.17, 15) is 18.0 Å². The molecule has 1 atom stereocenters. The molecule has 7 heteroatoms. The standard InChI is InChI=1S/C17H21F3N2O2/c1-16(2,3)24-15(23)22-14-6-4-5-11(14)9-13-8-7-12(10-21-13)17(18,19)20/h7-10,14H,4-6H2,1-3H3,(H,22,23). The van der Waals surface area contributed by atoms with Crippen LogP contribution in [0.1, 0.15) is 51.3 Å². The molecule has 1 amide bonds. The van der Waals surface area contributed by atoms with E-state index >= 15 is 0 Å². The molecule has 1 aliphatic carbocycles. The predicted molar refractivity (Wildman–Crippen MR) is 84.2 cm³/mol. The number of nitrogens with one attached hydrogen (secondary N) is 1. The lowest BCUT2D eigenvalue weighted by molar-refractivity contribution is -0.137. The Labute approximate surface area is 139 Å². The maximum absolute atomic E-state index is 12.5. The molecule has 1 saturated carbocycles. The van der Waals surface area contributed by atoms with Gasteiger partial charge in [-0.05, 0) is 63.8 Å². The number of carbonyl (C=O) groups is 1. The number of alkyl halides is 3. The van der Waals surface area contributed by atoms with Gasteiger partial charge in [0.25, 0.3) is 0 Å². The van der Waals surface area contributed by atoms with Crippen LogP contribution < -0.4 is 5.32 Å². The van der Waals surface area contributed by atoms with Crippen molar-refractivity contribution in [1.29, 1.82) is 0 Å². The van der Waals surface area contributed by atoms with Crippen molar-refractivity contribution >= 4 is 12.2 Å². The van der Waals surface area contributed by atoms with Crippen molar-refractivity contribution in [2.45, 2.75) is 57.9 Å². The third-order valence-corrected chi connectivity index (χ3v) is 3.54. The molecule has 0 spiro atoms. The number of halogens is 3. The number of aromatic nitrogens is 1. The topological polar surface area (TPSA) is 51.2 Å². The molecule has 0 saturated heterocycles. The molecule has 1 fully saturated rings. The smallest absolute Gasteiger partial charge is 0.417 e. The number of carbonyl (C=O) groups excluding carboxylic acids is 1. The number of amides is 1. The maximum Gasteiger partial charge on any atom is 0.417 e. The summed E-state index contributed by atoms with van der Waals surface area (Å²) < 4.78 is 42.9. The zero-order chi connectivity index (χ0) is 18.0. The zero-order valence-electron chi connectivity index (χ0n) is 13.9. The lowest BCUT2D eigenvalue weighted by Gasteiger charge is -2.22. The van der Waals surface area contributed by atoms with E-state index in [-0.39, 0.29) is 6.04 Å². The Hall–Kier alpha value is -2.05. The van der Waals surface area contributed by atoms with E-state index in [0.717, 1.165) is 37.1 Å². The molecule has 2 rings (SSSR count). The summed E-state index contributed by atoms with van der Waals surface area (Å²) >= 11 is 0. The average Bonchev–Trinajstić information content (AvgIpc) is 2.83. The lowest BCUT2D eigenvalue weighted by atomic mass is 10.1. The van der Waals surface area contributed by atoms with Crippen LogP contribution in [0, 0.1) is 0 Å². The quantitative estimate of drug-likeness (QED) is 0.857. The molecule has 24 heavy (non-hydrogen) atoms. The molecule has 0 bridgehead atoms. The second kappa shape index (κ2) is 6.83. The largest absolute Gasteiger partial charge is 0.444 e. The first-order chi connectivity index (χ1) is 11.0. The van der Waals surface area contributed by atoms with Crippen LogP contribution in [0.5, 0.6) is 0 Å². The summed E-state index contributed by atoms with van der Waals surface area (Å²) in [4.78, 5) is 15.7. The summed E-state index contributed by atoms with van der Waals surface area (Å²) in [5.74, 6) is 0. The number of ether oxygens (including phenoxy) is 1. The second-order valence-corrected chi connectivity index (χ2v) is 6.78. The van der Waals surface area contributed by atoms with Gasteiger partial charge in [-0.2, -0.15) is 13.2 Å². The average molecular weight is 342 g/mol. The SMILES string of the molecule is CC(C)(C)OC(=O)NC1CCCC1=Cc1ccc(C(F)(F)F)cn1. The number of nitrogens with zero attached hydrogens (tertiary/aromatic N) is 1. The molecule has 1 aromatic rings. The maximum atomic E-state index is 12.5. The summed E-state index contributed by atoms with van der Waals surface area (Å²) in [6.07, 6.45) is 0.0854. The van der Waals surface area contributed by atoms with Crippen LogP contribution in [0.3, 0.4) is 0 Å². The zero-order valence-corrected chi connectivity index (χ0v) is 13.9. The fraction of sp³-hybridized carbons (Fsp3) is 0.529. The monoisotopic (exact) mass is 342 g/mol. The molecule has 0 aliphatic heterocycles. The van der Waals surface area contributed by atoms with Gasteiger partial charge in [-0.1, -0.05) is 0 Å². The lowest BCUT2D eigenvalue weighted by Crippen LogP contribution is -2.38. The Kier molecular flexibility index (Phi) is 5.20. The van der Waals surface area contributed by atoms with Crippen molar-refractivity contribution in [3.63, 3.8) is 0 Å². The number of hydrogen-bond acceptors (Lipinski definition) is 3. The molecular weight excluding hydrogens is 321 g/mol. The van der Waals surface area contributed by atoms with Crippen molar-refractivity contribution in [3.8, 4) is 0 Å². The molecule has 0 radical (unpaired) electrons. The molecule has 1 heterocycles. The van der Waals surface area contributed by atoms with Crippen LogP contribution in [0.2, 0.25) is 0 Å². The molecule has 1 aliphatic rings. The first kappa shape index (κ1) is 18.3. The van der Waals surface area contributed by atoms with Gasteiger partial charge in [0.1, 0.15) is 5.60 Å². The van der Waals surface area contributed by atoms with Crippen LogP contribution >= 0.6 is 0 Å². The van der Waals surface area contributed by atoms with E-state index < -0.39 is 23.4 Å². The van der Waals surface area contributed by atoms with Crippen molar-refractivity contribution in [2.75, 3.05) is 0 Å². The highest BCUT2D eigenvalue weighted by atomic mass is 19.4. The number of pyridine rings is 1. The molecule has 1 aromatic heterocycles. The highest BCUT2D eigenvalue weighted by Crippen LogP contribution is 2.30. The third-order valence-electron chi connectivity index (χ3n) is 3.54. The first-order valence-corrected chi connectivity index (χ1v) is 7.78. The normalized spacial score (nSPS) is 20.2. The molecule has 1 unspecified atom stereocenters. The summed E-state index contributed by atoms with van der Waals surface area (Å²) in [6, 6.07) is 2.16. The number of hydrogen-bond donors (Lipinski definition) is 1. The minimum Gasteiger partial charge on any atom is -0.444 e. The van der Waals surface area contributed by atoms with Crippen molar-refractivity contribution in [2.24, 2.45) is 0 Å². The van der Waals surface area contributed by atoms with Gasteiger partial charge in [0.05, 0.1) is 17.3 Å². The Balaban J connectivity index is 2.07. The van der Waals surface area contributed by atoms with E-state index in [4.69, 9.17) is 4.74 Å². The van der Waals surface area contributed by atoms with Gasteiger partial charge in [-0.3, -0.25) is 4.98 Å². The minimum absolute atomic E-state index is 0.177. The fourth-order valence-corrected chi connectivity index (χ4v) is 2.51. The fourth-order valence-electron chi connectivity index (χ4n) is 2.51. The van der Waals surface area contributed by atoms with E-state index in [0.29, 0.717) is 5.69 Å². The Morgan fingerprint density at radius 3 is 2.58 bits per heavy atom. The minimum atomic E-state index is -4.40. The van der Waals surface area contributed by atoms with E-state index in [1.807, 2.05) is 0 Å². The molecule has 0 aromatic carbocycles. The van der Waals surface area contributed by atoms with Crippen LogP contribution in [0.25, 0.3) is 6.08 Å². The molecular formula is C17H21F3N2O2. The van der Waals surface area contributed by atoms with E-state index in [2.05, 4.69) is 10.3 Å². The highest BCUT2D eigenvalue weighted by Gasteiger charge is 2.30. The summed E-state index contributed by atoms with van der Waals surface area (Å²) in [5.41, 5.74) is 0.0187. The van der Waals surface area contributed by atoms with Crippen LogP contribution in [0.4, 0.5) is 18.0 Å². The summed E-state index contributed by atoms with van der Waals surface area (Å²) in [5, 5.41) is 2.80. The molecule has 1 N–H and O–H groups in total.